The molecule has 0 aliphatic carbocycles. The Hall–Kier alpha value is -2.83. The molecule has 0 atom stereocenters. The first-order chi connectivity index (χ1) is 18.9. The number of halogens is 1. The van der Waals surface area contributed by atoms with E-state index in [2.05, 4.69) is 55.2 Å². The van der Waals surface area contributed by atoms with Crippen molar-refractivity contribution in [3.63, 3.8) is 0 Å². The minimum Gasteiger partial charge on any atom is -0.381 e. The second kappa shape index (κ2) is 15.1. The number of benzene rings is 2. The largest absolute Gasteiger partial charge is 0.381 e. The van der Waals surface area contributed by atoms with Gasteiger partial charge >= 0.3 is 0 Å². The van der Waals surface area contributed by atoms with Crippen molar-refractivity contribution in [1.82, 2.24) is 19.6 Å². The van der Waals surface area contributed by atoms with Gasteiger partial charge in [0.15, 0.2) is 0 Å². The molecular formula is C28H40BrN7O3. The van der Waals surface area contributed by atoms with Crippen molar-refractivity contribution < 1.29 is 10.0 Å². The highest BCUT2D eigenvalue weighted by atomic mass is 79.9. The van der Waals surface area contributed by atoms with Crippen molar-refractivity contribution in [2.45, 2.75) is 33.4 Å². The SMILES string of the molecule is CCN(CO)Cc1c(-c2ccc(Br)cc2)nn(CCCN2CCN(c3ccccc3[N+](=O)[O-])CC2)c1C.CN. The second-order valence-corrected chi connectivity index (χ2v) is 10.3. The lowest BCUT2D eigenvalue weighted by Crippen LogP contribution is -2.46. The number of nitro groups is 1. The summed E-state index contributed by atoms with van der Waals surface area (Å²) in [4.78, 5) is 17.6. The van der Waals surface area contributed by atoms with Crippen molar-refractivity contribution in [2.24, 2.45) is 5.73 Å². The molecule has 0 radical (unpaired) electrons. The van der Waals surface area contributed by atoms with Crippen LogP contribution in [0.4, 0.5) is 11.4 Å². The molecule has 11 heteroatoms. The van der Waals surface area contributed by atoms with Gasteiger partial charge in [-0.1, -0.05) is 47.1 Å². The summed E-state index contributed by atoms with van der Waals surface area (Å²) in [5.74, 6) is 0. The maximum atomic E-state index is 11.4. The van der Waals surface area contributed by atoms with Crippen LogP contribution in [0.3, 0.4) is 0 Å². The zero-order valence-corrected chi connectivity index (χ0v) is 24.7. The van der Waals surface area contributed by atoms with E-state index in [4.69, 9.17) is 5.10 Å². The topological polar surface area (TPSA) is 117 Å². The highest BCUT2D eigenvalue weighted by Crippen LogP contribution is 2.29. The number of aliphatic hydroxyl groups is 1. The zero-order chi connectivity index (χ0) is 28.4. The molecule has 212 valence electrons. The quantitative estimate of drug-likeness (QED) is 0.192. The Balaban J connectivity index is 0.00000205. The van der Waals surface area contributed by atoms with Gasteiger partial charge in [-0.15, -0.1) is 0 Å². The average molecular weight is 603 g/mol. The first-order valence-corrected chi connectivity index (χ1v) is 14.1. The van der Waals surface area contributed by atoms with Crippen LogP contribution in [-0.4, -0.2) is 82.7 Å². The minimum absolute atomic E-state index is 0.0129. The van der Waals surface area contributed by atoms with Crippen molar-refractivity contribution in [3.8, 4) is 11.3 Å². The molecule has 1 aromatic heterocycles. The molecule has 0 amide bonds. The molecule has 3 aromatic rings. The summed E-state index contributed by atoms with van der Waals surface area (Å²) in [5.41, 5.74) is 9.69. The number of nitrogens with two attached hydrogens (primary N) is 1. The summed E-state index contributed by atoms with van der Waals surface area (Å²) in [6.07, 6.45) is 0.963. The van der Waals surface area contributed by atoms with Gasteiger partial charge < -0.3 is 15.7 Å². The molecule has 2 heterocycles. The molecule has 10 nitrogen and oxygen atoms in total. The summed E-state index contributed by atoms with van der Waals surface area (Å²) in [6.45, 7) is 10.6. The van der Waals surface area contributed by atoms with Gasteiger partial charge in [-0.3, -0.25) is 24.6 Å². The van der Waals surface area contributed by atoms with Gasteiger partial charge in [0.2, 0.25) is 0 Å². The van der Waals surface area contributed by atoms with Crippen LogP contribution in [-0.2, 0) is 13.1 Å². The molecule has 1 saturated heterocycles. The molecule has 0 bridgehead atoms. The Morgan fingerprint density at radius 1 is 1.08 bits per heavy atom. The fraction of sp³-hybridized carbons (Fsp3) is 0.464. The van der Waals surface area contributed by atoms with Crippen molar-refractivity contribution in [3.05, 3.63) is 74.4 Å². The number of rotatable bonds is 11. The van der Waals surface area contributed by atoms with Crippen molar-refractivity contribution in [1.29, 1.82) is 0 Å². The van der Waals surface area contributed by atoms with E-state index in [0.717, 1.165) is 79.2 Å². The maximum Gasteiger partial charge on any atom is 0.292 e. The Morgan fingerprint density at radius 2 is 1.74 bits per heavy atom. The van der Waals surface area contributed by atoms with Crippen molar-refractivity contribution >= 4 is 27.3 Å². The molecule has 4 rings (SSSR count). The number of aliphatic hydroxyl groups excluding tert-OH is 1. The van der Waals surface area contributed by atoms with Gasteiger partial charge in [0.25, 0.3) is 5.69 Å². The molecular weight excluding hydrogens is 562 g/mol. The molecule has 1 aliphatic rings. The van der Waals surface area contributed by atoms with Crippen LogP contribution in [0.25, 0.3) is 11.3 Å². The van der Waals surface area contributed by atoms with Crippen LogP contribution in [0, 0.1) is 17.0 Å². The number of para-hydroxylation sites is 2. The number of aryl methyl sites for hydroxylation is 1. The summed E-state index contributed by atoms with van der Waals surface area (Å²) in [5, 5.41) is 26.1. The van der Waals surface area contributed by atoms with Gasteiger partial charge in [-0.2, -0.15) is 5.10 Å². The Labute approximate surface area is 239 Å². The van der Waals surface area contributed by atoms with Crippen LogP contribution >= 0.6 is 15.9 Å². The summed E-state index contributed by atoms with van der Waals surface area (Å²) in [6, 6.07) is 15.2. The Morgan fingerprint density at radius 3 is 2.36 bits per heavy atom. The van der Waals surface area contributed by atoms with Gasteiger partial charge in [0, 0.05) is 73.2 Å². The van der Waals surface area contributed by atoms with Crippen LogP contribution in [0.2, 0.25) is 0 Å². The summed E-state index contributed by atoms with van der Waals surface area (Å²) >= 11 is 3.51. The first kappa shape index (κ1) is 30.7. The van der Waals surface area contributed by atoms with E-state index in [1.54, 1.807) is 12.1 Å². The Kier molecular flexibility index (Phi) is 11.9. The molecule has 3 N–H and O–H groups in total. The molecule has 1 aliphatic heterocycles. The standard InChI is InChI=1S/C27H35BrN6O3.CH5N/c1-3-30(20-35)19-24-21(2)33(29-27(24)22-9-11-23(28)12-10-22)14-6-13-31-15-17-32(18-16-31)25-7-4-5-8-26(25)34(36)37;1-2/h4-5,7-12,35H,3,6,13-20H2,1-2H3;2H2,1H3. The van der Waals surface area contributed by atoms with E-state index >= 15 is 0 Å². The first-order valence-electron chi connectivity index (χ1n) is 13.3. The number of nitro benzene ring substituents is 1. The van der Waals surface area contributed by atoms with E-state index in [1.165, 1.54) is 7.05 Å². The van der Waals surface area contributed by atoms with Crippen LogP contribution in [0.1, 0.15) is 24.6 Å². The number of hydrogen-bond donors (Lipinski definition) is 2. The van der Waals surface area contributed by atoms with E-state index in [-0.39, 0.29) is 17.3 Å². The van der Waals surface area contributed by atoms with Gasteiger partial charge in [0.1, 0.15) is 5.69 Å². The highest BCUT2D eigenvalue weighted by Gasteiger charge is 2.23. The zero-order valence-electron chi connectivity index (χ0n) is 23.1. The fourth-order valence-electron chi connectivity index (χ4n) is 4.86. The Bertz CT molecular complexity index is 1190. The van der Waals surface area contributed by atoms with Gasteiger partial charge in [-0.25, -0.2) is 0 Å². The predicted molar refractivity (Wildman–Crippen MR) is 160 cm³/mol. The van der Waals surface area contributed by atoms with E-state index < -0.39 is 0 Å². The monoisotopic (exact) mass is 601 g/mol. The predicted octanol–water partition coefficient (Wildman–Crippen LogP) is 4.09. The third kappa shape index (κ3) is 7.86. The smallest absolute Gasteiger partial charge is 0.292 e. The maximum absolute atomic E-state index is 11.4. The molecule has 0 unspecified atom stereocenters. The average Bonchev–Trinajstić information content (AvgIpc) is 3.28. The van der Waals surface area contributed by atoms with Gasteiger partial charge in [0.05, 0.1) is 17.3 Å². The molecule has 39 heavy (non-hydrogen) atoms. The molecule has 0 spiro atoms. The highest BCUT2D eigenvalue weighted by molar-refractivity contribution is 9.10. The fourth-order valence-corrected chi connectivity index (χ4v) is 5.12. The number of hydrogen-bond acceptors (Lipinski definition) is 8. The number of anilines is 1. The lowest BCUT2D eigenvalue weighted by atomic mass is 10.1. The number of nitrogens with zero attached hydrogens (tertiary/aromatic N) is 6. The lowest BCUT2D eigenvalue weighted by Gasteiger charge is -2.35. The minimum atomic E-state index is -0.300. The third-order valence-electron chi connectivity index (χ3n) is 7.11. The van der Waals surface area contributed by atoms with E-state index in [1.807, 2.05) is 36.1 Å². The van der Waals surface area contributed by atoms with Gasteiger partial charge in [-0.05, 0) is 45.1 Å². The van der Waals surface area contributed by atoms with E-state index in [9.17, 15) is 15.2 Å². The number of piperazine rings is 1. The third-order valence-corrected chi connectivity index (χ3v) is 7.64. The van der Waals surface area contributed by atoms with Crippen LogP contribution in [0.5, 0.6) is 0 Å². The summed E-state index contributed by atoms with van der Waals surface area (Å²) < 4.78 is 3.13. The molecule has 1 fully saturated rings. The van der Waals surface area contributed by atoms with E-state index in [0.29, 0.717) is 12.2 Å². The lowest BCUT2D eigenvalue weighted by molar-refractivity contribution is -0.384. The molecule has 0 saturated carbocycles. The van der Waals surface area contributed by atoms with Crippen molar-refractivity contribution in [2.75, 3.05) is 57.9 Å². The normalized spacial score (nSPS) is 13.9. The van der Waals surface area contributed by atoms with Crippen LogP contribution < -0.4 is 10.6 Å². The summed E-state index contributed by atoms with van der Waals surface area (Å²) in [7, 11) is 1.50. The second-order valence-electron chi connectivity index (χ2n) is 9.36. The van der Waals surface area contributed by atoms with Crippen LogP contribution in [0.15, 0.2) is 53.0 Å². The molecule has 2 aromatic carbocycles. The number of aromatic nitrogens is 2.